The summed E-state index contributed by atoms with van der Waals surface area (Å²) in [7, 11) is 0. The molecule has 2 rings (SSSR count). The van der Waals surface area contributed by atoms with Gasteiger partial charge in [-0.15, -0.1) is 0 Å². The predicted molar refractivity (Wildman–Crippen MR) is 85.6 cm³/mol. The van der Waals surface area contributed by atoms with Crippen LogP contribution in [0.2, 0.25) is 0 Å². The summed E-state index contributed by atoms with van der Waals surface area (Å²) in [6, 6.07) is 8.54. The average molecular weight is 292 g/mol. The second-order valence-electron chi connectivity index (χ2n) is 6.02. The molecule has 1 fully saturated rings. The molecule has 0 radical (unpaired) electrons. The van der Waals surface area contributed by atoms with Crippen molar-refractivity contribution in [3.05, 3.63) is 29.8 Å². The van der Waals surface area contributed by atoms with Crippen LogP contribution in [0.5, 0.6) is 5.75 Å². The normalized spacial score (nSPS) is 22.0. The molecule has 1 aliphatic rings. The minimum absolute atomic E-state index is 0.184. The van der Waals surface area contributed by atoms with Crippen LogP contribution >= 0.6 is 0 Å². The SMILES string of the molecule is CC(C)Oc1cccc(C(CN)N2CCCOC(C)C2)c1. The topological polar surface area (TPSA) is 47.7 Å². The van der Waals surface area contributed by atoms with E-state index >= 15 is 0 Å². The van der Waals surface area contributed by atoms with Crippen LogP contribution in [0.3, 0.4) is 0 Å². The fourth-order valence-corrected chi connectivity index (χ4v) is 2.87. The summed E-state index contributed by atoms with van der Waals surface area (Å²) in [6.45, 7) is 9.62. The first kappa shape index (κ1) is 16.3. The maximum absolute atomic E-state index is 6.06. The highest BCUT2D eigenvalue weighted by atomic mass is 16.5. The number of benzene rings is 1. The quantitative estimate of drug-likeness (QED) is 0.906. The van der Waals surface area contributed by atoms with Crippen molar-refractivity contribution in [2.24, 2.45) is 5.73 Å². The lowest BCUT2D eigenvalue weighted by atomic mass is 10.0. The summed E-state index contributed by atoms with van der Waals surface area (Å²) in [5.74, 6) is 0.917. The van der Waals surface area contributed by atoms with E-state index in [-0.39, 0.29) is 18.2 Å². The molecule has 1 saturated heterocycles. The summed E-state index contributed by atoms with van der Waals surface area (Å²) in [6.07, 6.45) is 1.50. The molecule has 2 unspecified atom stereocenters. The van der Waals surface area contributed by atoms with Crippen molar-refractivity contribution in [1.82, 2.24) is 4.90 Å². The van der Waals surface area contributed by atoms with Gasteiger partial charge in [0.05, 0.1) is 12.2 Å². The zero-order valence-corrected chi connectivity index (χ0v) is 13.4. The molecule has 4 heteroatoms. The molecule has 1 aromatic rings. The van der Waals surface area contributed by atoms with E-state index in [9.17, 15) is 0 Å². The Balaban J connectivity index is 2.15. The summed E-state index contributed by atoms with van der Waals surface area (Å²) in [4.78, 5) is 2.44. The van der Waals surface area contributed by atoms with Gasteiger partial charge in [0.1, 0.15) is 5.75 Å². The van der Waals surface area contributed by atoms with Crippen LogP contribution in [-0.4, -0.2) is 43.3 Å². The number of hydrogen-bond acceptors (Lipinski definition) is 4. The highest BCUT2D eigenvalue weighted by molar-refractivity contribution is 5.31. The lowest BCUT2D eigenvalue weighted by molar-refractivity contribution is 0.0611. The van der Waals surface area contributed by atoms with Gasteiger partial charge in [-0.3, -0.25) is 4.90 Å². The molecule has 0 saturated carbocycles. The molecule has 21 heavy (non-hydrogen) atoms. The van der Waals surface area contributed by atoms with Gasteiger partial charge >= 0.3 is 0 Å². The molecule has 0 bridgehead atoms. The van der Waals surface area contributed by atoms with Gasteiger partial charge in [0.25, 0.3) is 0 Å². The van der Waals surface area contributed by atoms with E-state index in [1.165, 1.54) is 5.56 Å². The first-order chi connectivity index (χ1) is 10.1. The second-order valence-corrected chi connectivity index (χ2v) is 6.02. The van der Waals surface area contributed by atoms with Crippen molar-refractivity contribution in [1.29, 1.82) is 0 Å². The maximum Gasteiger partial charge on any atom is 0.120 e. The standard InChI is InChI=1S/C17H28N2O2/c1-13(2)21-16-7-4-6-15(10-16)17(11-18)19-8-5-9-20-14(3)12-19/h4,6-7,10,13-14,17H,5,8-9,11-12,18H2,1-3H3. The molecule has 118 valence electrons. The lowest BCUT2D eigenvalue weighted by Crippen LogP contribution is -2.37. The van der Waals surface area contributed by atoms with E-state index in [0.29, 0.717) is 6.54 Å². The monoisotopic (exact) mass is 292 g/mol. The number of ether oxygens (including phenoxy) is 2. The van der Waals surface area contributed by atoms with Crippen LogP contribution in [-0.2, 0) is 4.74 Å². The van der Waals surface area contributed by atoms with Crippen molar-refractivity contribution >= 4 is 0 Å². The van der Waals surface area contributed by atoms with Gasteiger partial charge in [0, 0.05) is 32.3 Å². The van der Waals surface area contributed by atoms with E-state index in [2.05, 4.69) is 24.0 Å². The Labute approximate surface area is 128 Å². The Kier molecular flexibility index (Phi) is 6.03. The Hall–Kier alpha value is -1.10. The number of hydrogen-bond donors (Lipinski definition) is 1. The van der Waals surface area contributed by atoms with Crippen molar-refractivity contribution in [3.8, 4) is 5.75 Å². The summed E-state index contributed by atoms with van der Waals surface area (Å²) in [5, 5.41) is 0. The fourth-order valence-electron chi connectivity index (χ4n) is 2.87. The van der Waals surface area contributed by atoms with Crippen LogP contribution in [0.1, 0.15) is 38.8 Å². The first-order valence-electron chi connectivity index (χ1n) is 7.92. The minimum Gasteiger partial charge on any atom is -0.491 e. The highest BCUT2D eigenvalue weighted by Crippen LogP contribution is 2.25. The van der Waals surface area contributed by atoms with E-state index in [1.54, 1.807) is 0 Å². The summed E-state index contributed by atoms with van der Waals surface area (Å²) >= 11 is 0. The van der Waals surface area contributed by atoms with Crippen molar-refractivity contribution < 1.29 is 9.47 Å². The Morgan fingerprint density at radius 3 is 2.95 bits per heavy atom. The zero-order chi connectivity index (χ0) is 15.2. The third kappa shape index (κ3) is 4.70. The second kappa shape index (κ2) is 7.78. The van der Waals surface area contributed by atoms with Gasteiger partial charge in [-0.2, -0.15) is 0 Å². The Morgan fingerprint density at radius 2 is 2.24 bits per heavy atom. The van der Waals surface area contributed by atoms with Gasteiger partial charge in [-0.05, 0) is 44.9 Å². The van der Waals surface area contributed by atoms with Gasteiger partial charge in [-0.1, -0.05) is 12.1 Å². The minimum atomic E-state index is 0.184. The molecular formula is C17H28N2O2. The zero-order valence-electron chi connectivity index (χ0n) is 13.4. The molecular weight excluding hydrogens is 264 g/mol. The third-order valence-electron chi connectivity index (χ3n) is 3.76. The van der Waals surface area contributed by atoms with Crippen molar-refractivity contribution in [2.45, 2.75) is 45.4 Å². The molecule has 2 N–H and O–H groups in total. The smallest absolute Gasteiger partial charge is 0.120 e. The molecule has 2 atom stereocenters. The van der Waals surface area contributed by atoms with Gasteiger partial charge < -0.3 is 15.2 Å². The first-order valence-corrected chi connectivity index (χ1v) is 7.92. The molecule has 0 spiro atoms. The van der Waals surface area contributed by atoms with Crippen LogP contribution in [0.4, 0.5) is 0 Å². The van der Waals surface area contributed by atoms with Crippen molar-refractivity contribution in [3.63, 3.8) is 0 Å². The molecule has 0 amide bonds. The van der Waals surface area contributed by atoms with E-state index in [0.717, 1.165) is 31.9 Å². The average Bonchev–Trinajstić information content (AvgIpc) is 2.64. The molecule has 0 aromatic heterocycles. The fraction of sp³-hybridized carbons (Fsp3) is 0.647. The summed E-state index contributed by atoms with van der Waals surface area (Å²) < 4.78 is 11.5. The molecule has 4 nitrogen and oxygen atoms in total. The third-order valence-corrected chi connectivity index (χ3v) is 3.76. The Morgan fingerprint density at radius 1 is 1.43 bits per heavy atom. The van der Waals surface area contributed by atoms with Gasteiger partial charge in [0.2, 0.25) is 0 Å². The highest BCUT2D eigenvalue weighted by Gasteiger charge is 2.23. The molecule has 1 aliphatic heterocycles. The van der Waals surface area contributed by atoms with E-state index in [1.807, 2.05) is 26.0 Å². The Bertz CT molecular complexity index is 437. The van der Waals surface area contributed by atoms with Crippen molar-refractivity contribution in [2.75, 3.05) is 26.2 Å². The lowest BCUT2D eigenvalue weighted by Gasteiger charge is -2.31. The van der Waals surface area contributed by atoms with E-state index in [4.69, 9.17) is 15.2 Å². The predicted octanol–water partition coefficient (Wildman–Crippen LogP) is 2.58. The van der Waals surface area contributed by atoms with Crippen LogP contribution in [0.15, 0.2) is 24.3 Å². The number of nitrogens with zero attached hydrogens (tertiary/aromatic N) is 1. The number of nitrogens with two attached hydrogens (primary N) is 1. The summed E-state index contributed by atoms with van der Waals surface area (Å²) in [5.41, 5.74) is 7.29. The largest absolute Gasteiger partial charge is 0.491 e. The van der Waals surface area contributed by atoms with Crippen LogP contribution in [0.25, 0.3) is 0 Å². The molecule has 0 aliphatic carbocycles. The molecule has 1 heterocycles. The van der Waals surface area contributed by atoms with Crippen LogP contribution in [0, 0.1) is 0 Å². The number of rotatable bonds is 5. The molecule has 1 aromatic carbocycles. The van der Waals surface area contributed by atoms with Crippen LogP contribution < -0.4 is 10.5 Å². The van der Waals surface area contributed by atoms with E-state index < -0.39 is 0 Å². The van der Waals surface area contributed by atoms with Gasteiger partial charge in [-0.25, -0.2) is 0 Å². The van der Waals surface area contributed by atoms with Gasteiger partial charge in [0.15, 0.2) is 0 Å². The maximum atomic E-state index is 6.06.